The van der Waals surface area contributed by atoms with Crippen molar-refractivity contribution in [3.63, 3.8) is 0 Å². The first kappa shape index (κ1) is 19.2. The molecule has 0 bridgehead atoms. The van der Waals surface area contributed by atoms with Gasteiger partial charge in [-0.15, -0.1) is 0 Å². The molecule has 146 valence electrons. The van der Waals surface area contributed by atoms with Gasteiger partial charge in [-0.05, 0) is 36.5 Å². The van der Waals surface area contributed by atoms with E-state index in [9.17, 15) is 4.79 Å². The van der Waals surface area contributed by atoms with E-state index in [2.05, 4.69) is 41.5 Å². The summed E-state index contributed by atoms with van der Waals surface area (Å²) in [6.07, 6.45) is 3.34. The summed E-state index contributed by atoms with van der Waals surface area (Å²) in [5, 5.41) is 9.15. The highest BCUT2D eigenvalue weighted by Gasteiger charge is 2.23. The molecule has 0 unspecified atom stereocenters. The van der Waals surface area contributed by atoms with Crippen LogP contribution in [0.3, 0.4) is 0 Å². The average molecular weight is 372 g/mol. The van der Waals surface area contributed by atoms with Crippen molar-refractivity contribution in [1.29, 1.82) is 0 Å². The van der Waals surface area contributed by atoms with Gasteiger partial charge in [0.25, 0.3) is 5.91 Å². The number of nitrogens with one attached hydrogen (secondary N) is 2. The van der Waals surface area contributed by atoms with Gasteiger partial charge in [-0.1, -0.05) is 26.0 Å². The molecule has 0 saturated carbocycles. The third-order valence-electron chi connectivity index (χ3n) is 4.90. The van der Waals surface area contributed by atoms with Gasteiger partial charge >= 0.3 is 0 Å². The van der Waals surface area contributed by atoms with Crippen molar-refractivity contribution in [2.24, 2.45) is 5.92 Å². The van der Waals surface area contributed by atoms with Gasteiger partial charge in [0.1, 0.15) is 17.1 Å². The molecule has 7 heteroatoms. The van der Waals surface area contributed by atoms with Crippen molar-refractivity contribution in [2.45, 2.75) is 38.7 Å². The van der Waals surface area contributed by atoms with Crippen molar-refractivity contribution in [3.8, 4) is 5.75 Å². The van der Waals surface area contributed by atoms with Gasteiger partial charge in [0.05, 0.1) is 25.5 Å². The Hall–Kier alpha value is -2.54. The summed E-state index contributed by atoms with van der Waals surface area (Å²) in [4.78, 5) is 12.0. The van der Waals surface area contributed by atoms with Crippen molar-refractivity contribution in [2.75, 3.05) is 25.5 Å². The molecular formula is C20H28N4O3. The number of anilines is 1. The van der Waals surface area contributed by atoms with E-state index >= 15 is 0 Å². The molecule has 27 heavy (non-hydrogen) atoms. The van der Waals surface area contributed by atoms with Crippen LogP contribution < -0.4 is 15.8 Å². The predicted octanol–water partition coefficient (Wildman–Crippen LogP) is 2.72. The Morgan fingerprint density at radius 2 is 2.15 bits per heavy atom. The Morgan fingerprint density at radius 1 is 1.37 bits per heavy atom. The lowest BCUT2D eigenvalue weighted by Crippen LogP contribution is -2.38. The fourth-order valence-electron chi connectivity index (χ4n) is 3.09. The van der Waals surface area contributed by atoms with Crippen molar-refractivity contribution >= 4 is 11.7 Å². The molecule has 2 heterocycles. The SMILES string of the molecule is CC(C)c1ccc(OC[C@@H]2CC[C@H](CNC(=O)c3cn[nH]c3N)OC2)cc1. The molecule has 7 nitrogen and oxygen atoms in total. The van der Waals surface area contributed by atoms with Crippen LogP contribution in [0.25, 0.3) is 0 Å². The number of carbonyl (C=O) groups is 1. The molecule has 3 rings (SSSR count). The van der Waals surface area contributed by atoms with Gasteiger partial charge in [-0.2, -0.15) is 5.10 Å². The molecule has 1 amide bonds. The maximum Gasteiger partial charge on any atom is 0.256 e. The van der Waals surface area contributed by atoms with Crippen molar-refractivity contribution in [1.82, 2.24) is 15.5 Å². The number of benzene rings is 1. The number of nitrogens with two attached hydrogens (primary N) is 1. The summed E-state index contributed by atoms with van der Waals surface area (Å²) in [6, 6.07) is 8.28. The van der Waals surface area contributed by atoms with Gasteiger partial charge < -0.3 is 20.5 Å². The Kier molecular flexibility index (Phi) is 6.34. The van der Waals surface area contributed by atoms with Crippen LogP contribution in [0, 0.1) is 5.92 Å². The van der Waals surface area contributed by atoms with E-state index in [0.29, 0.717) is 37.2 Å². The molecule has 0 aliphatic carbocycles. The molecule has 1 aromatic carbocycles. The normalized spacial score (nSPS) is 19.8. The van der Waals surface area contributed by atoms with E-state index in [-0.39, 0.29) is 17.8 Å². The molecule has 0 spiro atoms. The van der Waals surface area contributed by atoms with Gasteiger partial charge in [-0.3, -0.25) is 9.89 Å². The number of hydrogen-bond acceptors (Lipinski definition) is 5. The quantitative estimate of drug-likeness (QED) is 0.693. The summed E-state index contributed by atoms with van der Waals surface area (Å²) in [7, 11) is 0. The number of ether oxygens (including phenoxy) is 2. The smallest absolute Gasteiger partial charge is 0.256 e. The molecule has 1 saturated heterocycles. The number of amides is 1. The third-order valence-corrected chi connectivity index (χ3v) is 4.90. The lowest BCUT2D eigenvalue weighted by atomic mass is 9.99. The second kappa shape index (κ2) is 8.90. The van der Waals surface area contributed by atoms with Crippen LogP contribution in [0.15, 0.2) is 30.5 Å². The van der Waals surface area contributed by atoms with E-state index < -0.39 is 0 Å². The van der Waals surface area contributed by atoms with Crippen LogP contribution in [0.5, 0.6) is 5.75 Å². The van der Waals surface area contributed by atoms with E-state index in [0.717, 1.165) is 18.6 Å². The van der Waals surface area contributed by atoms with E-state index in [4.69, 9.17) is 15.2 Å². The average Bonchev–Trinajstić information content (AvgIpc) is 3.11. The number of hydrogen-bond donors (Lipinski definition) is 3. The number of carbonyl (C=O) groups excluding carboxylic acids is 1. The predicted molar refractivity (Wildman–Crippen MR) is 104 cm³/mol. The first-order valence-electron chi connectivity index (χ1n) is 9.44. The van der Waals surface area contributed by atoms with Crippen LogP contribution >= 0.6 is 0 Å². The Morgan fingerprint density at radius 3 is 2.74 bits per heavy atom. The number of nitrogen functional groups attached to an aromatic ring is 1. The van der Waals surface area contributed by atoms with Crippen LogP contribution in [-0.2, 0) is 4.74 Å². The number of aromatic amines is 1. The fourth-order valence-corrected chi connectivity index (χ4v) is 3.09. The lowest BCUT2D eigenvalue weighted by Gasteiger charge is -2.29. The molecule has 2 atom stereocenters. The number of nitrogens with zero attached hydrogens (tertiary/aromatic N) is 1. The van der Waals surface area contributed by atoms with Gasteiger partial charge in [-0.25, -0.2) is 0 Å². The van der Waals surface area contributed by atoms with Gasteiger partial charge in [0, 0.05) is 12.5 Å². The second-order valence-corrected chi connectivity index (χ2v) is 7.34. The first-order chi connectivity index (χ1) is 13.0. The first-order valence-corrected chi connectivity index (χ1v) is 9.44. The Labute approximate surface area is 159 Å². The molecule has 1 aliphatic rings. The number of aromatic nitrogens is 2. The molecule has 1 aliphatic heterocycles. The highest BCUT2D eigenvalue weighted by Crippen LogP contribution is 2.22. The maximum absolute atomic E-state index is 12.0. The molecule has 1 aromatic heterocycles. The van der Waals surface area contributed by atoms with Crippen LogP contribution in [-0.4, -0.2) is 42.0 Å². The van der Waals surface area contributed by atoms with Gasteiger partial charge in [0.15, 0.2) is 0 Å². The number of rotatable bonds is 7. The minimum absolute atomic E-state index is 0.0173. The topological polar surface area (TPSA) is 102 Å². The van der Waals surface area contributed by atoms with Crippen molar-refractivity contribution < 1.29 is 14.3 Å². The molecule has 0 radical (unpaired) electrons. The lowest BCUT2D eigenvalue weighted by molar-refractivity contribution is -0.0251. The Bertz CT molecular complexity index is 734. The zero-order valence-corrected chi connectivity index (χ0v) is 15.9. The Balaban J connectivity index is 1.36. The van der Waals surface area contributed by atoms with Crippen LogP contribution in [0.4, 0.5) is 5.82 Å². The maximum atomic E-state index is 12.0. The second-order valence-electron chi connectivity index (χ2n) is 7.34. The van der Waals surface area contributed by atoms with E-state index in [1.54, 1.807) is 0 Å². The standard InChI is InChI=1S/C20H28N4O3/c1-13(2)15-4-7-16(8-5-15)26-11-14-3-6-17(27-12-14)9-22-20(25)18-10-23-24-19(18)21/h4-5,7-8,10,13-14,17H,3,6,9,11-12H2,1-2H3,(H,22,25)(H3,21,23,24)/t14-,17+/m0/s1. The molecule has 2 aromatic rings. The van der Waals surface area contributed by atoms with E-state index in [1.165, 1.54) is 11.8 Å². The monoisotopic (exact) mass is 372 g/mol. The summed E-state index contributed by atoms with van der Waals surface area (Å²) < 4.78 is 11.8. The largest absolute Gasteiger partial charge is 0.493 e. The van der Waals surface area contributed by atoms with Crippen LogP contribution in [0.2, 0.25) is 0 Å². The minimum Gasteiger partial charge on any atom is -0.493 e. The summed E-state index contributed by atoms with van der Waals surface area (Å²) >= 11 is 0. The van der Waals surface area contributed by atoms with Crippen LogP contribution in [0.1, 0.15) is 48.5 Å². The molecule has 4 N–H and O–H groups in total. The zero-order chi connectivity index (χ0) is 19.2. The summed E-state index contributed by atoms with van der Waals surface area (Å²) in [5.41, 5.74) is 7.32. The zero-order valence-electron chi connectivity index (χ0n) is 15.9. The molecular weight excluding hydrogens is 344 g/mol. The van der Waals surface area contributed by atoms with E-state index in [1.807, 2.05) is 12.1 Å². The summed E-state index contributed by atoms with van der Waals surface area (Å²) in [5.74, 6) is 1.82. The third kappa shape index (κ3) is 5.23. The number of H-pyrrole nitrogens is 1. The minimum atomic E-state index is -0.236. The van der Waals surface area contributed by atoms with Gasteiger partial charge in [0.2, 0.25) is 0 Å². The fraction of sp³-hybridized carbons (Fsp3) is 0.500. The highest BCUT2D eigenvalue weighted by molar-refractivity contribution is 5.98. The molecule has 1 fully saturated rings. The van der Waals surface area contributed by atoms with Crippen molar-refractivity contribution in [3.05, 3.63) is 41.6 Å². The highest BCUT2D eigenvalue weighted by atomic mass is 16.5. The summed E-state index contributed by atoms with van der Waals surface area (Å²) in [6.45, 7) is 6.11.